The molecule has 7 heteroatoms. The van der Waals surface area contributed by atoms with Crippen LogP contribution >= 0.6 is 0 Å². The Hall–Kier alpha value is -3.58. The van der Waals surface area contributed by atoms with Crippen LogP contribution < -0.4 is 9.64 Å². The lowest BCUT2D eigenvalue weighted by atomic mass is 10.00. The second-order valence-corrected chi connectivity index (χ2v) is 8.99. The molecule has 0 saturated heterocycles. The fourth-order valence-corrected chi connectivity index (χ4v) is 4.33. The summed E-state index contributed by atoms with van der Waals surface area (Å²) in [6, 6.07) is 16.4. The third-order valence-electron chi connectivity index (χ3n) is 6.41. The predicted molar refractivity (Wildman–Crippen MR) is 142 cm³/mol. The minimum atomic E-state index is -0.290. The zero-order chi connectivity index (χ0) is 25.5. The number of esters is 1. The largest absolute Gasteiger partial charge is 0.466 e. The van der Waals surface area contributed by atoms with Crippen molar-refractivity contribution in [2.75, 3.05) is 25.2 Å². The molecule has 190 valence electrons. The molecule has 0 spiro atoms. The first-order chi connectivity index (χ1) is 17.5. The number of aromatic nitrogens is 2. The first-order valence-corrected chi connectivity index (χ1v) is 12.5. The van der Waals surface area contributed by atoms with Gasteiger partial charge in [-0.25, -0.2) is 4.79 Å². The maximum Gasteiger partial charge on any atom is 0.333 e. The molecule has 2 heterocycles. The topological polar surface area (TPSA) is 65.8 Å². The number of carbonyl (C=O) groups excluding carboxylic acids is 1. The SMILES string of the molecule is CCCCOC(C)Oc1ccc(-c2ccc3c(c2)C=C(C(=O)OC)CCN3Cc2ccnn2C)cc1. The van der Waals surface area contributed by atoms with Crippen molar-refractivity contribution >= 4 is 17.7 Å². The molecular formula is C29H35N3O4. The number of methoxy groups -OCH3 is 1. The van der Waals surface area contributed by atoms with Crippen LogP contribution in [-0.4, -0.2) is 42.3 Å². The van der Waals surface area contributed by atoms with Crippen LogP contribution in [0.25, 0.3) is 17.2 Å². The van der Waals surface area contributed by atoms with Crippen LogP contribution in [0.2, 0.25) is 0 Å². The summed E-state index contributed by atoms with van der Waals surface area (Å²) in [4.78, 5) is 14.7. The highest BCUT2D eigenvalue weighted by Crippen LogP contribution is 2.34. The van der Waals surface area contributed by atoms with Gasteiger partial charge in [0.1, 0.15) is 5.75 Å². The maximum absolute atomic E-state index is 12.4. The lowest BCUT2D eigenvalue weighted by Gasteiger charge is -2.25. The quantitative estimate of drug-likeness (QED) is 0.210. The molecule has 7 nitrogen and oxygen atoms in total. The second kappa shape index (κ2) is 11.9. The van der Waals surface area contributed by atoms with Crippen LogP contribution in [0.1, 0.15) is 44.4 Å². The van der Waals surface area contributed by atoms with Crippen molar-refractivity contribution < 1.29 is 19.0 Å². The molecule has 1 aliphatic rings. The first kappa shape index (κ1) is 25.5. The lowest BCUT2D eigenvalue weighted by molar-refractivity contribution is -0.136. The zero-order valence-corrected chi connectivity index (χ0v) is 21.6. The number of fused-ring (bicyclic) bond motifs is 1. The summed E-state index contributed by atoms with van der Waals surface area (Å²) in [5.74, 6) is 0.484. The molecule has 0 fully saturated rings. The number of benzene rings is 2. The molecule has 0 amide bonds. The van der Waals surface area contributed by atoms with Crippen LogP contribution in [-0.2, 0) is 27.9 Å². The fourth-order valence-electron chi connectivity index (χ4n) is 4.33. The highest BCUT2D eigenvalue weighted by atomic mass is 16.7. The molecule has 3 aromatic rings. The van der Waals surface area contributed by atoms with Gasteiger partial charge in [0.25, 0.3) is 0 Å². The summed E-state index contributed by atoms with van der Waals surface area (Å²) < 4.78 is 18.5. The Morgan fingerprint density at radius 1 is 1.11 bits per heavy atom. The smallest absolute Gasteiger partial charge is 0.333 e. The Labute approximate surface area is 213 Å². The van der Waals surface area contributed by atoms with Gasteiger partial charge in [-0.05, 0) is 72.9 Å². The second-order valence-electron chi connectivity index (χ2n) is 8.99. The molecular weight excluding hydrogens is 454 g/mol. The Balaban J connectivity index is 1.58. The zero-order valence-electron chi connectivity index (χ0n) is 21.6. The predicted octanol–water partition coefficient (Wildman–Crippen LogP) is 5.60. The molecule has 0 aliphatic carbocycles. The maximum atomic E-state index is 12.4. The number of hydrogen-bond acceptors (Lipinski definition) is 6. The molecule has 0 N–H and O–H groups in total. The van der Waals surface area contributed by atoms with Gasteiger partial charge in [-0.2, -0.15) is 5.10 Å². The number of anilines is 1. The average Bonchev–Trinajstić information content (AvgIpc) is 3.20. The number of ether oxygens (including phenoxy) is 3. The van der Waals surface area contributed by atoms with E-state index in [-0.39, 0.29) is 12.3 Å². The van der Waals surface area contributed by atoms with Crippen molar-refractivity contribution in [3.05, 3.63) is 71.6 Å². The van der Waals surface area contributed by atoms with Crippen molar-refractivity contribution in [3.63, 3.8) is 0 Å². The number of rotatable bonds is 10. The van der Waals surface area contributed by atoms with Gasteiger partial charge in [-0.3, -0.25) is 4.68 Å². The van der Waals surface area contributed by atoms with E-state index in [2.05, 4.69) is 35.1 Å². The third-order valence-corrected chi connectivity index (χ3v) is 6.41. The van der Waals surface area contributed by atoms with Gasteiger partial charge in [0.2, 0.25) is 0 Å². The van der Waals surface area contributed by atoms with E-state index in [0.717, 1.165) is 46.7 Å². The lowest BCUT2D eigenvalue weighted by Crippen LogP contribution is -2.25. The highest BCUT2D eigenvalue weighted by molar-refractivity contribution is 5.96. The molecule has 0 radical (unpaired) electrons. The van der Waals surface area contributed by atoms with E-state index < -0.39 is 0 Å². The number of nitrogens with zero attached hydrogens (tertiary/aromatic N) is 3. The molecule has 0 bridgehead atoms. The van der Waals surface area contributed by atoms with Gasteiger partial charge < -0.3 is 19.1 Å². The summed E-state index contributed by atoms with van der Waals surface area (Å²) in [6.07, 6.45) is 6.21. The van der Waals surface area contributed by atoms with Gasteiger partial charge in [-0.15, -0.1) is 0 Å². The molecule has 1 unspecified atom stereocenters. The fraction of sp³-hybridized carbons (Fsp3) is 0.379. The Morgan fingerprint density at radius 3 is 2.58 bits per heavy atom. The van der Waals surface area contributed by atoms with Crippen molar-refractivity contribution in [3.8, 4) is 16.9 Å². The molecule has 2 aromatic carbocycles. The summed E-state index contributed by atoms with van der Waals surface area (Å²) in [5, 5.41) is 4.30. The Kier molecular flexibility index (Phi) is 8.44. The Bertz CT molecular complexity index is 1200. The number of carbonyl (C=O) groups is 1. The molecule has 1 aromatic heterocycles. The van der Waals surface area contributed by atoms with E-state index >= 15 is 0 Å². The Morgan fingerprint density at radius 2 is 1.89 bits per heavy atom. The van der Waals surface area contributed by atoms with Crippen LogP contribution in [0.5, 0.6) is 5.75 Å². The summed E-state index contributed by atoms with van der Waals surface area (Å²) in [6.45, 7) is 6.17. The van der Waals surface area contributed by atoms with Crippen LogP contribution in [0.3, 0.4) is 0 Å². The van der Waals surface area contributed by atoms with Gasteiger partial charge in [0.05, 0.1) is 26.0 Å². The van der Waals surface area contributed by atoms with E-state index in [1.807, 2.05) is 55.1 Å². The monoisotopic (exact) mass is 489 g/mol. The van der Waals surface area contributed by atoms with E-state index in [1.165, 1.54) is 7.11 Å². The van der Waals surface area contributed by atoms with Gasteiger partial charge in [0.15, 0.2) is 6.29 Å². The third kappa shape index (κ3) is 6.15. The van der Waals surface area contributed by atoms with Crippen LogP contribution in [0.4, 0.5) is 5.69 Å². The van der Waals surface area contributed by atoms with Crippen molar-refractivity contribution in [1.82, 2.24) is 9.78 Å². The number of hydrogen-bond donors (Lipinski definition) is 0. The normalized spacial score (nSPS) is 14.0. The van der Waals surface area contributed by atoms with Crippen molar-refractivity contribution in [2.45, 2.75) is 45.9 Å². The van der Waals surface area contributed by atoms with Crippen molar-refractivity contribution in [2.24, 2.45) is 7.05 Å². The minimum Gasteiger partial charge on any atom is -0.466 e. The standard InChI is InChI=1S/C29H35N3O4/c1-5-6-17-35-21(2)36-27-10-7-22(8-11-27)23-9-12-28-25(18-23)19-24(29(33)34-4)14-16-32(28)20-26-13-15-30-31(26)3/h7-13,15,18-19,21H,5-6,14,16-17,20H2,1-4H3. The van der Waals surface area contributed by atoms with Crippen LogP contribution in [0, 0.1) is 0 Å². The van der Waals surface area contributed by atoms with Gasteiger partial charge in [-0.1, -0.05) is 31.5 Å². The number of aryl methyl sites for hydroxylation is 1. The number of unbranched alkanes of at least 4 members (excludes halogenated alkanes) is 1. The molecule has 1 atom stereocenters. The molecule has 0 saturated carbocycles. The summed E-state index contributed by atoms with van der Waals surface area (Å²) in [7, 11) is 3.37. The molecule has 36 heavy (non-hydrogen) atoms. The molecule has 4 rings (SSSR count). The van der Waals surface area contributed by atoms with Crippen molar-refractivity contribution in [1.29, 1.82) is 0 Å². The van der Waals surface area contributed by atoms with E-state index in [9.17, 15) is 4.79 Å². The molecule has 1 aliphatic heterocycles. The average molecular weight is 490 g/mol. The van der Waals surface area contributed by atoms with Gasteiger partial charge in [0, 0.05) is 31.0 Å². The van der Waals surface area contributed by atoms with E-state index in [4.69, 9.17) is 14.2 Å². The highest BCUT2D eigenvalue weighted by Gasteiger charge is 2.21. The van der Waals surface area contributed by atoms with E-state index in [0.29, 0.717) is 31.7 Å². The summed E-state index contributed by atoms with van der Waals surface area (Å²) >= 11 is 0. The first-order valence-electron chi connectivity index (χ1n) is 12.5. The van der Waals surface area contributed by atoms with E-state index in [1.54, 1.807) is 6.20 Å². The van der Waals surface area contributed by atoms with Crippen LogP contribution in [0.15, 0.2) is 60.3 Å². The summed E-state index contributed by atoms with van der Waals surface area (Å²) in [5.41, 5.74) is 5.98. The van der Waals surface area contributed by atoms with Gasteiger partial charge >= 0.3 is 5.97 Å². The minimum absolute atomic E-state index is 0.287.